The molecule has 0 saturated carbocycles. The summed E-state index contributed by atoms with van der Waals surface area (Å²) in [6.07, 6.45) is 0. The highest BCUT2D eigenvalue weighted by atomic mass is 32.3. The van der Waals surface area contributed by atoms with E-state index in [0.717, 1.165) is 43.5 Å². The summed E-state index contributed by atoms with van der Waals surface area (Å²) in [4.78, 5) is 21.1. The van der Waals surface area contributed by atoms with E-state index in [4.69, 9.17) is 32.8 Å². The van der Waals surface area contributed by atoms with Crippen LogP contribution in [0.25, 0.3) is 0 Å². The fourth-order valence-corrected chi connectivity index (χ4v) is 1.46. The maximum Gasteiger partial charge on any atom is 0.394 e. The number of esters is 1. The molecule has 0 radical (unpaired) electrons. The van der Waals surface area contributed by atoms with Crippen molar-refractivity contribution in [2.24, 2.45) is 0 Å². The van der Waals surface area contributed by atoms with Gasteiger partial charge < -0.3 is 20.1 Å². The van der Waals surface area contributed by atoms with Gasteiger partial charge in [-0.15, -0.1) is 0 Å². The largest absolute Gasteiger partial charge is 0.507 e. The minimum absolute atomic E-state index is 0.169. The first-order valence-corrected chi connectivity index (χ1v) is 8.14. The normalized spacial score (nSPS) is 9.89. The molecule has 0 fully saturated rings. The van der Waals surface area contributed by atoms with Crippen LogP contribution in [0.15, 0.2) is 36.4 Å². The second kappa shape index (κ2) is 10.8. The molecule has 2 aromatic rings. The predicted octanol–water partition coefficient (Wildman–Crippen LogP) is 1.89. The van der Waals surface area contributed by atoms with Crippen molar-refractivity contribution in [3.05, 3.63) is 59.2 Å². The molecule has 0 unspecified atom stereocenters. The number of rotatable bonds is 2. The molecule has 0 atom stereocenters. The van der Waals surface area contributed by atoms with Gasteiger partial charge in [-0.2, -0.15) is 8.42 Å². The van der Waals surface area contributed by atoms with E-state index >= 15 is 0 Å². The number of carboxylic acids is 1. The first-order chi connectivity index (χ1) is 12.8. The number of carbonyl (C=O) groups is 2. The fourth-order valence-electron chi connectivity index (χ4n) is 1.46. The Morgan fingerprint density at radius 3 is 1.57 bits per heavy atom. The average Bonchev–Trinajstić information content (AvgIpc) is 2.57. The number of halogens is 2. The Balaban J connectivity index is 0.000000424. The molecule has 2 rings (SSSR count). The fraction of sp³-hybridized carbons (Fsp3) is 0.0667. The van der Waals surface area contributed by atoms with Crippen LogP contribution in [-0.2, 0) is 15.1 Å². The van der Waals surface area contributed by atoms with Crippen LogP contribution in [0, 0.1) is 11.6 Å². The van der Waals surface area contributed by atoms with Gasteiger partial charge in [0.1, 0.15) is 34.3 Å². The van der Waals surface area contributed by atoms with Crippen molar-refractivity contribution in [2.45, 2.75) is 0 Å². The number of methoxy groups -OCH3 is 1. The molecule has 28 heavy (non-hydrogen) atoms. The van der Waals surface area contributed by atoms with Crippen molar-refractivity contribution in [2.75, 3.05) is 7.11 Å². The van der Waals surface area contributed by atoms with Crippen molar-refractivity contribution in [3.8, 4) is 11.5 Å². The average molecular weight is 424 g/mol. The molecule has 0 aromatic heterocycles. The Bertz CT molecular complexity index is 936. The lowest BCUT2D eigenvalue weighted by molar-refractivity contribution is 0.0595. The Hall–Kier alpha value is -3.29. The molecule has 0 amide bonds. The second-order valence-electron chi connectivity index (χ2n) is 4.57. The minimum atomic E-state index is -4.67. The molecular weight excluding hydrogens is 410 g/mol. The van der Waals surface area contributed by atoms with Gasteiger partial charge in [-0.3, -0.25) is 9.11 Å². The van der Waals surface area contributed by atoms with Crippen molar-refractivity contribution < 1.29 is 55.9 Å². The lowest BCUT2D eigenvalue weighted by Crippen LogP contribution is -2.01. The number of hydrogen-bond acceptors (Lipinski definition) is 7. The molecule has 13 heteroatoms. The van der Waals surface area contributed by atoms with Gasteiger partial charge in [0.2, 0.25) is 0 Å². The van der Waals surface area contributed by atoms with Crippen LogP contribution in [0.3, 0.4) is 0 Å². The highest BCUT2D eigenvalue weighted by Gasteiger charge is 2.11. The van der Waals surface area contributed by atoms with E-state index in [2.05, 4.69) is 4.74 Å². The quantitative estimate of drug-likeness (QED) is 0.353. The van der Waals surface area contributed by atoms with Crippen LogP contribution in [0.4, 0.5) is 8.78 Å². The number of hydrogen-bond donors (Lipinski definition) is 5. The maximum atomic E-state index is 12.5. The molecule has 5 N–H and O–H groups in total. The van der Waals surface area contributed by atoms with Crippen LogP contribution in [0.2, 0.25) is 0 Å². The zero-order chi connectivity index (χ0) is 22.1. The smallest absolute Gasteiger partial charge is 0.394 e. The van der Waals surface area contributed by atoms with Gasteiger partial charge in [-0.05, 0) is 36.4 Å². The number of ether oxygens (including phenoxy) is 1. The first-order valence-electron chi connectivity index (χ1n) is 6.74. The van der Waals surface area contributed by atoms with Crippen molar-refractivity contribution >= 4 is 22.3 Å². The van der Waals surface area contributed by atoms with Crippen LogP contribution in [0.1, 0.15) is 20.7 Å². The standard InChI is InChI=1S/C8H7FO3.C7H5FO3.H2O4S/c1-12-8(11)6-4-5(9)2-3-7(6)10;8-4-1-2-6(9)5(3-4)7(10)11;1-5(2,3)4/h2-4,10H,1H3;1-3,9H,(H,10,11);(H2,1,2,3,4). The zero-order valence-corrected chi connectivity index (χ0v) is 14.7. The number of carbonyl (C=O) groups excluding carboxylic acids is 1. The van der Waals surface area contributed by atoms with Gasteiger partial charge in [-0.1, -0.05) is 0 Å². The van der Waals surface area contributed by atoms with E-state index in [0.29, 0.717) is 0 Å². The molecule has 0 aliphatic heterocycles. The molecule has 10 nitrogen and oxygen atoms in total. The number of aromatic hydroxyl groups is 2. The molecule has 0 heterocycles. The molecule has 0 aliphatic rings. The Labute approximate surface area is 156 Å². The third-order valence-corrected chi connectivity index (χ3v) is 2.55. The van der Waals surface area contributed by atoms with Gasteiger partial charge >= 0.3 is 22.3 Å². The van der Waals surface area contributed by atoms with Crippen molar-refractivity contribution in [1.29, 1.82) is 0 Å². The van der Waals surface area contributed by atoms with Crippen LogP contribution in [0.5, 0.6) is 11.5 Å². The highest BCUT2D eigenvalue weighted by molar-refractivity contribution is 7.79. The Morgan fingerprint density at radius 2 is 1.25 bits per heavy atom. The lowest BCUT2D eigenvalue weighted by atomic mass is 10.2. The van der Waals surface area contributed by atoms with Gasteiger partial charge in [-0.25, -0.2) is 18.4 Å². The first kappa shape index (κ1) is 24.7. The summed E-state index contributed by atoms with van der Waals surface area (Å²) in [5.74, 6) is -4.09. The van der Waals surface area contributed by atoms with Gasteiger partial charge in [0.05, 0.1) is 7.11 Å². The van der Waals surface area contributed by atoms with Gasteiger partial charge in [0.25, 0.3) is 0 Å². The van der Waals surface area contributed by atoms with Crippen molar-refractivity contribution in [3.63, 3.8) is 0 Å². The Kier molecular flexibility index (Phi) is 9.50. The van der Waals surface area contributed by atoms with E-state index in [1.54, 1.807) is 0 Å². The molecule has 154 valence electrons. The summed E-state index contributed by atoms with van der Waals surface area (Å²) in [5.41, 5.74) is -0.595. The summed E-state index contributed by atoms with van der Waals surface area (Å²) in [6, 6.07) is 5.82. The summed E-state index contributed by atoms with van der Waals surface area (Å²) >= 11 is 0. The maximum absolute atomic E-state index is 12.5. The van der Waals surface area contributed by atoms with Crippen molar-refractivity contribution in [1.82, 2.24) is 0 Å². The number of carboxylic acid groups (broad SMARTS) is 1. The number of phenols is 2. The second-order valence-corrected chi connectivity index (χ2v) is 5.46. The number of phenolic OH excluding ortho intramolecular Hbond substituents is 1. The van der Waals surface area contributed by atoms with Crippen LogP contribution >= 0.6 is 0 Å². The molecule has 0 aliphatic carbocycles. The lowest BCUT2D eigenvalue weighted by Gasteiger charge is -2.01. The summed E-state index contributed by atoms with van der Waals surface area (Å²) in [5, 5.41) is 26.3. The van der Waals surface area contributed by atoms with Gasteiger partial charge in [0.15, 0.2) is 0 Å². The molecule has 0 saturated heterocycles. The molecular formula is C15H14F2O10S. The van der Waals surface area contributed by atoms with E-state index in [-0.39, 0.29) is 11.3 Å². The summed E-state index contributed by atoms with van der Waals surface area (Å²) in [6.45, 7) is 0. The monoisotopic (exact) mass is 424 g/mol. The van der Waals surface area contributed by atoms with E-state index < -0.39 is 45.3 Å². The zero-order valence-electron chi connectivity index (χ0n) is 13.9. The molecule has 2 aromatic carbocycles. The van der Waals surface area contributed by atoms with Crippen LogP contribution < -0.4 is 0 Å². The van der Waals surface area contributed by atoms with E-state index in [1.807, 2.05) is 0 Å². The van der Waals surface area contributed by atoms with E-state index in [9.17, 15) is 18.4 Å². The van der Waals surface area contributed by atoms with Gasteiger partial charge in [0, 0.05) is 0 Å². The van der Waals surface area contributed by atoms with Crippen LogP contribution in [-0.4, -0.2) is 51.9 Å². The highest BCUT2D eigenvalue weighted by Crippen LogP contribution is 2.18. The molecule has 0 bridgehead atoms. The SMILES string of the molecule is COC(=O)c1cc(F)ccc1O.O=C(O)c1cc(F)ccc1O.O=S(=O)(O)O. The molecule has 0 spiro atoms. The summed E-state index contributed by atoms with van der Waals surface area (Å²) in [7, 11) is -3.51. The number of benzene rings is 2. The Morgan fingerprint density at radius 1 is 0.893 bits per heavy atom. The third-order valence-electron chi connectivity index (χ3n) is 2.55. The minimum Gasteiger partial charge on any atom is -0.507 e. The topological polar surface area (TPSA) is 179 Å². The third kappa shape index (κ3) is 10.0. The summed E-state index contributed by atoms with van der Waals surface area (Å²) < 4.78 is 60.7. The predicted molar refractivity (Wildman–Crippen MR) is 88.6 cm³/mol. The number of aromatic carboxylic acids is 1. The van der Waals surface area contributed by atoms with E-state index in [1.165, 1.54) is 0 Å².